The molecule has 4 atom stereocenters. The van der Waals surface area contributed by atoms with Crippen LogP contribution in [0.4, 0.5) is 19.0 Å². The third kappa shape index (κ3) is 4.04. The van der Waals surface area contributed by atoms with Crippen LogP contribution in [0.25, 0.3) is 0 Å². The average molecular weight is 460 g/mol. The number of amides is 1. The number of rotatable bonds is 1. The molecule has 2 N–H and O–H groups in total. The molecule has 3 heterocycles. The van der Waals surface area contributed by atoms with E-state index in [1.807, 2.05) is 17.9 Å². The second-order valence-electron chi connectivity index (χ2n) is 9.57. The Hall–Kier alpha value is -2.77. The van der Waals surface area contributed by atoms with Crippen LogP contribution in [0.15, 0.2) is 30.3 Å². The number of halogens is 3. The van der Waals surface area contributed by atoms with Gasteiger partial charge >= 0.3 is 6.18 Å². The molecule has 5 rings (SSSR count). The summed E-state index contributed by atoms with van der Waals surface area (Å²) < 4.78 is 45.5. The Bertz CT molecular complexity index is 1070. The van der Waals surface area contributed by atoms with E-state index in [1.165, 1.54) is 6.07 Å². The number of carbonyl (C=O) groups is 1. The fraction of sp³-hybridized carbons (Fsp3) is 0.520. The van der Waals surface area contributed by atoms with Crippen LogP contribution in [-0.4, -0.2) is 28.4 Å². The molecule has 1 amide bonds. The highest BCUT2D eigenvalue weighted by molar-refractivity contribution is 5.80. The third-order valence-corrected chi connectivity index (χ3v) is 7.41. The van der Waals surface area contributed by atoms with Crippen LogP contribution < -0.4 is 10.5 Å². The summed E-state index contributed by atoms with van der Waals surface area (Å²) in [5.74, 6) is 0.703. The highest BCUT2D eigenvalue weighted by atomic mass is 19.4. The van der Waals surface area contributed by atoms with Gasteiger partial charge in [-0.15, -0.1) is 0 Å². The number of aryl methyl sites for hydroxylation is 1. The molecule has 0 bridgehead atoms. The number of nitrogens with zero attached hydrogens (tertiary/aromatic N) is 2. The van der Waals surface area contributed by atoms with Crippen LogP contribution in [0.3, 0.4) is 0 Å². The first-order chi connectivity index (χ1) is 15.7. The summed E-state index contributed by atoms with van der Waals surface area (Å²) in [6.45, 7) is 2.37. The van der Waals surface area contributed by atoms with Gasteiger partial charge in [-0.2, -0.15) is 13.2 Å². The summed E-state index contributed by atoms with van der Waals surface area (Å²) >= 11 is 0. The molecule has 1 aliphatic carbocycles. The minimum absolute atomic E-state index is 0.0132. The van der Waals surface area contributed by atoms with Gasteiger partial charge in [0, 0.05) is 29.1 Å². The summed E-state index contributed by atoms with van der Waals surface area (Å²) in [7, 11) is 0. The van der Waals surface area contributed by atoms with E-state index in [0.717, 1.165) is 55.5 Å². The summed E-state index contributed by atoms with van der Waals surface area (Å²) in [6, 6.07) is 7.17. The maximum atomic E-state index is 13.9. The number of likely N-dealkylation sites (tertiary alicyclic amines) is 1. The van der Waals surface area contributed by atoms with Gasteiger partial charge in [-0.1, -0.05) is 12.1 Å². The number of nitrogens with two attached hydrogens (primary N) is 1. The Kier molecular flexibility index (Phi) is 5.49. The van der Waals surface area contributed by atoms with Crippen molar-refractivity contribution in [3.8, 4) is 5.75 Å². The van der Waals surface area contributed by atoms with E-state index in [4.69, 9.17) is 10.5 Å². The van der Waals surface area contributed by atoms with Crippen LogP contribution >= 0.6 is 0 Å². The molecule has 33 heavy (non-hydrogen) atoms. The number of ether oxygens (including phenoxy) is 1. The SMILES string of the molecule is C[C@@H]1CC[C@@H]2COc3cc(C(F)(F)F)ccc3[C@@H]2N1C(=O)[C@@H]1CCCc2nc(N)ccc2C1. The lowest BCUT2D eigenvalue weighted by atomic mass is 9.79. The minimum Gasteiger partial charge on any atom is -0.493 e. The minimum atomic E-state index is -4.43. The van der Waals surface area contributed by atoms with Crippen LogP contribution in [-0.2, 0) is 23.8 Å². The van der Waals surface area contributed by atoms with Crippen LogP contribution in [0.2, 0.25) is 0 Å². The monoisotopic (exact) mass is 459 g/mol. The number of pyridine rings is 1. The number of benzene rings is 1. The largest absolute Gasteiger partial charge is 0.493 e. The van der Waals surface area contributed by atoms with Crippen molar-refractivity contribution in [1.82, 2.24) is 9.88 Å². The zero-order chi connectivity index (χ0) is 23.3. The molecule has 176 valence electrons. The van der Waals surface area contributed by atoms with Crippen molar-refractivity contribution in [3.63, 3.8) is 0 Å². The Morgan fingerprint density at radius 3 is 2.79 bits per heavy atom. The predicted octanol–water partition coefficient (Wildman–Crippen LogP) is 4.94. The molecule has 3 aliphatic rings. The lowest BCUT2D eigenvalue weighted by Gasteiger charge is -2.49. The predicted molar refractivity (Wildman–Crippen MR) is 117 cm³/mol. The molecule has 2 aliphatic heterocycles. The van der Waals surface area contributed by atoms with Crippen molar-refractivity contribution in [2.75, 3.05) is 12.3 Å². The van der Waals surface area contributed by atoms with Crippen LogP contribution in [0, 0.1) is 11.8 Å². The van der Waals surface area contributed by atoms with E-state index in [9.17, 15) is 18.0 Å². The molecule has 1 saturated heterocycles. The number of carbonyl (C=O) groups excluding carboxylic acids is 1. The van der Waals surface area contributed by atoms with Crippen molar-refractivity contribution in [2.45, 2.75) is 63.7 Å². The number of nitrogen functional groups attached to an aromatic ring is 1. The first kappa shape index (κ1) is 22.0. The zero-order valence-corrected chi connectivity index (χ0v) is 18.6. The normalized spacial score (nSPS) is 27.0. The molecule has 1 aromatic heterocycles. The summed E-state index contributed by atoms with van der Waals surface area (Å²) in [6.07, 6.45) is 0.314. The zero-order valence-electron chi connectivity index (χ0n) is 18.6. The molecule has 1 fully saturated rings. The Morgan fingerprint density at radius 1 is 1.18 bits per heavy atom. The van der Waals surface area contributed by atoms with Gasteiger partial charge in [-0.3, -0.25) is 4.79 Å². The Morgan fingerprint density at radius 2 is 2.00 bits per heavy atom. The van der Waals surface area contributed by atoms with Crippen molar-refractivity contribution in [3.05, 3.63) is 52.7 Å². The number of hydrogen-bond acceptors (Lipinski definition) is 4. The van der Waals surface area contributed by atoms with E-state index >= 15 is 0 Å². The van der Waals surface area contributed by atoms with E-state index in [2.05, 4.69) is 4.98 Å². The lowest BCUT2D eigenvalue weighted by Crippen LogP contribution is -2.52. The van der Waals surface area contributed by atoms with Crippen LogP contribution in [0.1, 0.15) is 61.0 Å². The lowest BCUT2D eigenvalue weighted by molar-refractivity contribution is -0.146. The molecular formula is C25H28F3N3O2. The van der Waals surface area contributed by atoms with Gasteiger partial charge < -0.3 is 15.4 Å². The number of anilines is 1. The molecule has 0 radical (unpaired) electrons. The fourth-order valence-corrected chi connectivity index (χ4v) is 5.72. The molecular weight excluding hydrogens is 431 g/mol. The maximum Gasteiger partial charge on any atom is 0.416 e. The molecule has 0 saturated carbocycles. The Balaban J connectivity index is 1.47. The second kappa shape index (κ2) is 8.22. The first-order valence-corrected chi connectivity index (χ1v) is 11.6. The topological polar surface area (TPSA) is 68.5 Å². The van der Waals surface area contributed by atoms with Gasteiger partial charge in [0.2, 0.25) is 5.91 Å². The standard InChI is InChI=1S/C25H28F3N3O2/c1-14-5-6-17-13-33-21-12-18(25(26,27)28)8-9-19(21)23(17)31(14)24(32)16-3-2-4-20-15(11-16)7-10-22(29)30-20/h7-10,12,14,16-17,23H,2-6,11,13H2,1H3,(H2,29,30)/t14-,16-,17-,23-/m1/s1. The number of alkyl halides is 3. The van der Waals surface area contributed by atoms with Crippen molar-refractivity contribution in [2.24, 2.45) is 11.8 Å². The Labute approximate surface area is 191 Å². The summed E-state index contributed by atoms with van der Waals surface area (Å²) in [5.41, 5.74) is 7.83. The van der Waals surface area contributed by atoms with E-state index in [1.54, 1.807) is 6.07 Å². The maximum absolute atomic E-state index is 13.9. The first-order valence-electron chi connectivity index (χ1n) is 11.6. The van der Waals surface area contributed by atoms with Crippen molar-refractivity contribution in [1.29, 1.82) is 0 Å². The van der Waals surface area contributed by atoms with Crippen molar-refractivity contribution >= 4 is 11.7 Å². The molecule has 2 aromatic rings. The van der Waals surface area contributed by atoms with Gasteiger partial charge in [0.05, 0.1) is 18.2 Å². The van der Waals surface area contributed by atoms with Gasteiger partial charge in [0.15, 0.2) is 0 Å². The number of fused-ring (bicyclic) bond motifs is 4. The van der Waals surface area contributed by atoms with E-state index in [0.29, 0.717) is 24.4 Å². The molecule has 8 heteroatoms. The highest BCUT2D eigenvalue weighted by Gasteiger charge is 2.45. The smallest absolute Gasteiger partial charge is 0.416 e. The summed E-state index contributed by atoms with van der Waals surface area (Å²) in [5, 5.41) is 0. The quantitative estimate of drug-likeness (QED) is 0.614. The molecule has 0 unspecified atom stereocenters. The third-order valence-electron chi connectivity index (χ3n) is 7.41. The number of piperidine rings is 1. The van der Waals surface area contributed by atoms with Gasteiger partial charge in [0.25, 0.3) is 0 Å². The number of aromatic nitrogens is 1. The van der Waals surface area contributed by atoms with Gasteiger partial charge in [-0.25, -0.2) is 4.98 Å². The molecule has 1 aromatic carbocycles. The van der Waals surface area contributed by atoms with E-state index in [-0.39, 0.29) is 35.6 Å². The molecule has 5 nitrogen and oxygen atoms in total. The van der Waals surface area contributed by atoms with Gasteiger partial charge in [0.1, 0.15) is 11.6 Å². The van der Waals surface area contributed by atoms with Gasteiger partial charge in [-0.05, 0) is 69.2 Å². The van der Waals surface area contributed by atoms with Crippen molar-refractivity contribution < 1.29 is 22.7 Å². The fourth-order valence-electron chi connectivity index (χ4n) is 5.72. The van der Waals surface area contributed by atoms with Crippen LogP contribution in [0.5, 0.6) is 5.75 Å². The summed E-state index contributed by atoms with van der Waals surface area (Å²) in [4.78, 5) is 20.4. The number of hydrogen-bond donors (Lipinski definition) is 1. The molecule has 0 spiro atoms. The highest BCUT2D eigenvalue weighted by Crippen LogP contribution is 2.48. The van der Waals surface area contributed by atoms with E-state index < -0.39 is 11.7 Å². The second-order valence-corrected chi connectivity index (χ2v) is 9.57. The average Bonchev–Trinajstić information content (AvgIpc) is 2.99.